The predicted molar refractivity (Wildman–Crippen MR) is 140 cm³/mol. The first-order valence-corrected chi connectivity index (χ1v) is 11.9. The number of carbonyl (C=O) groups excluding carboxylic acids is 1. The third-order valence-corrected chi connectivity index (χ3v) is 6.65. The molecule has 0 N–H and O–H groups in total. The molecule has 1 heterocycles. The van der Waals surface area contributed by atoms with Crippen LogP contribution in [0.5, 0.6) is 23.0 Å². The monoisotopic (exact) mass is 506 g/mol. The fourth-order valence-corrected chi connectivity index (χ4v) is 4.79. The Morgan fingerprint density at radius 2 is 1.51 bits per heavy atom. The van der Waals surface area contributed by atoms with E-state index in [2.05, 4.69) is 24.9 Å². The average Bonchev–Trinajstić information content (AvgIpc) is 3.01. The third-order valence-electron chi connectivity index (χ3n) is 6.65. The van der Waals surface area contributed by atoms with Gasteiger partial charge >= 0.3 is 0 Å². The third kappa shape index (κ3) is 6.73. The van der Waals surface area contributed by atoms with E-state index in [9.17, 15) is 4.79 Å². The van der Waals surface area contributed by atoms with Crippen molar-refractivity contribution < 1.29 is 23.7 Å². The summed E-state index contributed by atoms with van der Waals surface area (Å²) in [6.45, 7) is 3.73. The fraction of sp³-hybridized carbons (Fsp3) is 0.519. The largest absolute Gasteiger partial charge is 0.493 e. The van der Waals surface area contributed by atoms with E-state index in [-0.39, 0.29) is 24.5 Å². The van der Waals surface area contributed by atoms with Crippen molar-refractivity contribution in [3.05, 3.63) is 47.0 Å². The van der Waals surface area contributed by atoms with Crippen molar-refractivity contribution in [2.75, 3.05) is 48.6 Å². The van der Waals surface area contributed by atoms with Gasteiger partial charge in [-0.05, 0) is 73.7 Å². The van der Waals surface area contributed by atoms with Gasteiger partial charge in [-0.1, -0.05) is 13.0 Å². The Morgan fingerprint density at radius 3 is 2.11 bits per heavy atom. The summed E-state index contributed by atoms with van der Waals surface area (Å²) in [6, 6.07) is 10.0. The van der Waals surface area contributed by atoms with Crippen LogP contribution in [0.1, 0.15) is 36.5 Å². The van der Waals surface area contributed by atoms with Gasteiger partial charge in [0.15, 0.2) is 23.0 Å². The van der Waals surface area contributed by atoms with E-state index in [1.807, 2.05) is 29.2 Å². The van der Waals surface area contributed by atoms with E-state index >= 15 is 0 Å². The summed E-state index contributed by atoms with van der Waals surface area (Å²) in [7, 11) is 8.68. The molecule has 1 amide bonds. The van der Waals surface area contributed by atoms with E-state index in [0.717, 1.165) is 54.9 Å². The molecule has 8 heteroatoms. The number of amides is 1. The van der Waals surface area contributed by atoms with Gasteiger partial charge < -0.3 is 23.8 Å². The molecule has 3 rings (SSSR count). The number of benzene rings is 2. The van der Waals surface area contributed by atoms with E-state index in [1.165, 1.54) is 5.56 Å². The average molecular weight is 507 g/mol. The highest BCUT2D eigenvalue weighted by atomic mass is 35.5. The van der Waals surface area contributed by atoms with Crippen LogP contribution in [0.3, 0.4) is 0 Å². The second-order valence-corrected chi connectivity index (χ2v) is 8.65. The maximum absolute atomic E-state index is 13.3. The number of carbonyl (C=O) groups is 1. The fourth-order valence-electron chi connectivity index (χ4n) is 4.79. The van der Waals surface area contributed by atoms with Crippen LogP contribution in [0.15, 0.2) is 30.3 Å². The summed E-state index contributed by atoms with van der Waals surface area (Å²) in [5, 5.41) is 0. The minimum Gasteiger partial charge on any atom is -0.493 e. The van der Waals surface area contributed by atoms with Crippen LogP contribution in [0.4, 0.5) is 0 Å². The number of rotatable bonds is 11. The highest BCUT2D eigenvalue weighted by molar-refractivity contribution is 5.85. The molecule has 0 radical (unpaired) electrons. The first-order chi connectivity index (χ1) is 16.4. The molecule has 1 aliphatic rings. The molecule has 2 aromatic carbocycles. The SMILES string of the molecule is CCC(N(C)CCCc1ccc(OC)c(OC)c1)N1CCc2cc(OC)c(OC)cc2CC1=O.Cl. The molecule has 0 bridgehead atoms. The number of hydrogen-bond acceptors (Lipinski definition) is 6. The lowest BCUT2D eigenvalue weighted by molar-refractivity contribution is -0.136. The molecule has 0 saturated heterocycles. The number of methoxy groups -OCH3 is 4. The molecule has 0 spiro atoms. The second-order valence-electron chi connectivity index (χ2n) is 8.65. The molecule has 7 nitrogen and oxygen atoms in total. The molecular weight excluding hydrogens is 468 g/mol. The smallest absolute Gasteiger partial charge is 0.228 e. The van der Waals surface area contributed by atoms with Crippen LogP contribution in [0.25, 0.3) is 0 Å². The summed E-state index contributed by atoms with van der Waals surface area (Å²) < 4.78 is 21.7. The second kappa shape index (κ2) is 13.4. The predicted octanol–water partition coefficient (Wildman–Crippen LogP) is 4.37. The summed E-state index contributed by atoms with van der Waals surface area (Å²) in [5.74, 6) is 3.03. The summed E-state index contributed by atoms with van der Waals surface area (Å²) in [6.07, 6.45) is 4.04. The Balaban J connectivity index is 0.00000432. The van der Waals surface area contributed by atoms with Crippen LogP contribution in [0, 0.1) is 0 Å². The zero-order valence-corrected chi connectivity index (χ0v) is 22.6. The molecule has 0 aliphatic carbocycles. The molecule has 1 unspecified atom stereocenters. The standard InChI is InChI=1S/C27H38N2O5.ClH/c1-7-26(28(2)13-8-9-19-10-11-22(31-3)23(15-19)32-4)29-14-12-20-16-24(33-5)25(34-6)17-21(20)18-27(29)30;/h10-11,15-17,26H,7-9,12-14,18H2,1-6H3;1H. The highest BCUT2D eigenvalue weighted by Crippen LogP contribution is 2.33. The van der Waals surface area contributed by atoms with Crippen LogP contribution in [-0.4, -0.2) is 70.4 Å². The molecule has 194 valence electrons. The summed E-state index contributed by atoms with van der Waals surface area (Å²) >= 11 is 0. The van der Waals surface area contributed by atoms with Crippen molar-refractivity contribution >= 4 is 18.3 Å². The maximum atomic E-state index is 13.3. The molecule has 0 saturated carbocycles. The van der Waals surface area contributed by atoms with Crippen molar-refractivity contribution in [1.29, 1.82) is 0 Å². The zero-order chi connectivity index (χ0) is 24.7. The first kappa shape index (κ1) is 28.6. The number of fused-ring (bicyclic) bond motifs is 1. The van der Waals surface area contributed by atoms with Crippen molar-refractivity contribution in [2.45, 2.75) is 45.2 Å². The Labute approximate surface area is 215 Å². The molecular formula is C27H39ClN2O5. The number of halogens is 1. The summed E-state index contributed by atoms with van der Waals surface area (Å²) in [4.78, 5) is 17.6. The number of hydrogen-bond donors (Lipinski definition) is 0. The van der Waals surface area contributed by atoms with E-state index < -0.39 is 0 Å². The topological polar surface area (TPSA) is 60.5 Å². The van der Waals surface area contributed by atoms with E-state index in [1.54, 1.807) is 28.4 Å². The van der Waals surface area contributed by atoms with E-state index in [0.29, 0.717) is 24.5 Å². The van der Waals surface area contributed by atoms with Crippen LogP contribution < -0.4 is 18.9 Å². The minimum absolute atomic E-state index is 0. The van der Waals surface area contributed by atoms with Crippen LogP contribution in [-0.2, 0) is 24.1 Å². The lowest BCUT2D eigenvalue weighted by atomic mass is 10.0. The summed E-state index contributed by atoms with van der Waals surface area (Å²) in [5.41, 5.74) is 3.39. The van der Waals surface area contributed by atoms with Gasteiger partial charge in [0.25, 0.3) is 0 Å². The Morgan fingerprint density at radius 1 is 0.914 bits per heavy atom. The van der Waals surface area contributed by atoms with Gasteiger partial charge in [0, 0.05) is 13.1 Å². The molecule has 2 aromatic rings. The van der Waals surface area contributed by atoms with Gasteiger partial charge in [0.2, 0.25) is 5.91 Å². The van der Waals surface area contributed by atoms with Crippen molar-refractivity contribution in [3.8, 4) is 23.0 Å². The van der Waals surface area contributed by atoms with Crippen LogP contribution >= 0.6 is 12.4 Å². The lowest BCUT2D eigenvalue weighted by Gasteiger charge is -2.37. The van der Waals surface area contributed by atoms with Gasteiger partial charge in [-0.3, -0.25) is 9.69 Å². The molecule has 0 fully saturated rings. The lowest BCUT2D eigenvalue weighted by Crippen LogP contribution is -2.50. The van der Waals surface area contributed by atoms with Gasteiger partial charge in [-0.25, -0.2) is 0 Å². The van der Waals surface area contributed by atoms with Crippen LogP contribution in [0.2, 0.25) is 0 Å². The normalized spacial score (nSPS) is 14.0. The quantitative estimate of drug-likeness (QED) is 0.451. The first-order valence-electron chi connectivity index (χ1n) is 11.9. The molecule has 0 aromatic heterocycles. The maximum Gasteiger partial charge on any atom is 0.228 e. The van der Waals surface area contributed by atoms with Crippen molar-refractivity contribution in [3.63, 3.8) is 0 Å². The minimum atomic E-state index is 0. The molecule has 1 aliphatic heterocycles. The van der Waals surface area contributed by atoms with Gasteiger partial charge in [-0.2, -0.15) is 0 Å². The zero-order valence-electron chi connectivity index (χ0n) is 21.8. The van der Waals surface area contributed by atoms with Gasteiger partial charge in [0.05, 0.1) is 41.0 Å². The number of aryl methyl sites for hydroxylation is 1. The Hall–Kier alpha value is -2.64. The molecule has 35 heavy (non-hydrogen) atoms. The highest BCUT2D eigenvalue weighted by Gasteiger charge is 2.29. The number of nitrogens with zero attached hydrogens (tertiary/aromatic N) is 2. The molecule has 1 atom stereocenters. The number of ether oxygens (including phenoxy) is 4. The van der Waals surface area contributed by atoms with Crippen molar-refractivity contribution in [1.82, 2.24) is 9.80 Å². The van der Waals surface area contributed by atoms with Crippen molar-refractivity contribution in [2.24, 2.45) is 0 Å². The van der Waals surface area contributed by atoms with Gasteiger partial charge in [0.1, 0.15) is 0 Å². The Kier molecular flexibility index (Phi) is 11.0. The Bertz CT molecular complexity index is 984. The van der Waals surface area contributed by atoms with Gasteiger partial charge in [-0.15, -0.1) is 12.4 Å². The van der Waals surface area contributed by atoms with E-state index in [4.69, 9.17) is 18.9 Å².